The lowest BCUT2D eigenvalue weighted by atomic mass is 10.2. The third-order valence-electron chi connectivity index (χ3n) is 4.57. The van der Waals surface area contributed by atoms with Crippen molar-refractivity contribution in [3.05, 3.63) is 11.4 Å². The Labute approximate surface area is 156 Å². The highest BCUT2D eigenvalue weighted by atomic mass is 32.2. The third kappa shape index (κ3) is 4.10. The van der Waals surface area contributed by atoms with Gasteiger partial charge in [-0.2, -0.15) is 9.40 Å². The zero-order valence-electron chi connectivity index (χ0n) is 16.5. The second kappa shape index (κ2) is 8.06. The lowest BCUT2D eigenvalue weighted by molar-refractivity contribution is -0.135. The molecular weight excluding hydrogens is 356 g/mol. The largest absolute Gasteiger partial charge is 0.379 e. The minimum Gasteiger partial charge on any atom is -0.379 e. The average molecular weight is 387 g/mol. The van der Waals surface area contributed by atoms with Crippen LogP contribution in [0.4, 0.5) is 0 Å². The van der Waals surface area contributed by atoms with E-state index in [0.717, 1.165) is 0 Å². The topological polar surface area (TPSA) is 84.7 Å². The number of morpholine rings is 1. The van der Waals surface area contributed by atoms with Gasteiger partial charge in [-0.3, -0.25) is 9.48 Å². The number of hydrogen-bond acceptors (Lipinski definition) is 5. The monoisotopic (exact) mass is 386 g/mol. The van der Waals surface area contributed by atoms with Crippen LogP contribution < -0.4 is 0 Å². The van der Waals surface area contributed by atoms with Crippen LogP contribution in [0.25, 0.3) is 0 Å². The molecule has 9 heteroatoms. The summed E-state index contributed by atoms with van der Waals surface area (Å²) >= 11 is 0. The van der Waals surface area contributed by atoms with E-state index in [-0.39, 0.29) is 29.4 Å². The van der Waals surface area contributed by atoms with Gasteiger partial charge in [0.25, 0.3) is 0 Å². The highest BCUT2D eigenvalue weighted by Crippen LogP contribution is 2.24. The molecule has 26 heavy (non-hydrogen) atoms. The maximum absolute atomic E-state index is 13.0. The smallest absolute Gasteiger partial charge is 0.246 e. The Morgan fingerprint density at radius 3 is 2.19 bits per heavy atom. The minimum absolute atomic E-state index is 0.0294. The Hall–Kier alpha value is -1.45. The van der Waals surface area contributed by atoms with Gasteiger partial charge in [0, 0.05) is 25.2 Å². The van der Waals surface area contributed by atoms with Gasteiger partial charge in [-0.05, 0) is 41.5 Å². The Morgan fingerprint density at radius 2 is 1.69 bits per heavy atom. The number of amides is 1. The number of aryl methyl sites for hydroxylation is 1. The molecule has 0 aliphatic carbocycles. The molecule has 1 aromatic rings. The molecule has 1 aliphatic heterocycles. The molecule has 1 amide bonds. The van der Waals surface area contributed by atoms with Crippen LogP contribution in [0, 0.1) is 13.8 Å². The van der Waals surface area contributed by atoms with Crippen LogP contribution >= 0.6 is 0 Å². The van der Waals surface area contributed by atoms with Gasteiger partial charge in [-0.15, -0.1) is 0 Å². The number of sulfonamides is 1. The summed E-state index contributed by atoms with van der Waals surface area (Å²) in [5, 5.41) is 4.34. The van der Waals surface area contributed by atoms with Crippen molar-refractivity contribution < 1.29 is 17.9 Å². The quantitative estimate of drug-likeness (QED) is 0.733. The maximum Gasteiger partial charge on any atom is 0.246 e. The number of ether oxygens (including phenoxy) is 1. The van der Waals surface area contributed by atoms with Crippen LogP contribution in [0.2, 0.25) is 0 Å². The summed E-state index contributed by atoms with van der Waals surface area (Å²) in [5.41, 5.74) is 0.914. The Bertz CT molecular complexity index is 741. The SMILES string of the molecule is Cc1nn(CC(=O)N(C(C)C)C(C)C)c(C)c1S(=O)(=O)N1CCOCC1. The molecule has 2 rings (SSSR count). The summed E-state index contributed by atoms with van der Waals surface area (Å²) in [6.45, 7) is 12.7. The normalized spacial score (nSPS) is 16.5. The molecule has 0 saturated carbocycles. The first-order valence-electron chi connectivity index (χ1n) is 9.00. The Kier molecular flexibility index (Phi) is 6.46. The minimum atomic E-state index is -3.65. The van der Waals surface area contributed by atoms with Crippen molar-refractivity contribution in [1.29, 1.82) is 0 Å². The molecule has 0 bridgehead atoms. The summed E-state index contributed by atoms with van der Waals surface area (Å²) in [7, 11) is -3.65. The number of nitrogens with zero attached hydrogens (tertiary/aromatic N) is 4. The van der Waals surface area contributed by atoms with E-state index in [4.69, 9.17) is 4.74 Å². The van der Waals surface area contributed by atoms with Gasteiger partial charge in [-0.1, -0.05) is 0 Å². The molecule has 0 aromatic carbocycles. The number of rotatable bonds is 6. The van der Waals surface area contributed by atoms with Gasteiger partial charge in [0.05, 0.1) is 24.6 Å². The van der Waals surface area contributed by atoms with Gasteiger partial charge in [0.15, 0.2) is 0 Å². The second-order valence-corrected chi connectivity index (χ2v) is 9.04. The maximum atomic E-state index is 13.0. The van der Waals surface area contributed by atoms with Crippen molar-refractivity contribution in [1.82, 2.24) is 19.0 Å². The van der Waals surface area contributed by atoms with Crippen LogP contribution in [0.3, 0.4) is 0 Å². The molecule has 2 heterocycles. The Morgan fingerprint density at radius 1 is 1.15 bits per heavy atom. The lowest BCUT2D eigenvalue weighted by Crippen LogP contribution is -2.44. The molecule has 1 aliphatic rings. The summed E-state index contributed by atoms with van der Waals surface area (Å²) in [4.78, 5) is 14.7. The van der Waals surface area contributed by atoms with E-state index in [1.54, 1.807) is 18.7 Å². The molecule has 0 unspecified atom stereocenters. The molecule has 0 spiro atoms. The van der Waals surface area contributed by atoms with Crippen molar-refractivity contribution in [2.24, 2.45) is 0 Å². The zero-order valence-corrected chi connectivity index (χ0v) is 17.3. The average Bonchev–Trinajstić information content (AvgIpc) is 2.81. The van der Waals surface area contributed by atoms with Crippen molar-refractivity contribution >= 4 is 15.9 Å². The Balaban J connectivity index is 2.31. The van der Waals surface area contributed by atoms with Crippen LogP contribution in [-0.4, -0.2) is 71.7 Å². The predicted octanol–water partition coefficient (Wildman–Crippen LogP) is 1.17. The fourth-order valence-corrected chi connectivity index (χ4v) is 5.29. The molecule has 148 valence electrons. The highest BCUT2D eigenvalue weighted by molar-refractivity contribution is 7.89. The zero-order chi connectivity index (χ0) is 19.6. The van der Waals surface area contributed by atoms with E-state index < -0.39 is 10.0 Å². The van der Waals surface area contributed by atoms with Gasteiger partial charge >= 0.3 is 0 Å². The number of hydrogen-bond donors (Lipinski definition) is 0. The molecule has 0 N–H and O–H groups in total. The molecular formula is C17H30N4O4S. The molecule has 1 fully saturated rings. The molecule has 8 nitrogen and oxygen atoms in total. The summed E-state index contributed by atoms with van der Waals surface area (Å²) in [6.07, 6.45) is 0. The van der Waals surface area contributed by atoms with Crippen molar-refractivity contribution in [3.63, 3.8) is 0 Å². The lowest BCUT2D eigenvalue weighted by Gasteiger charge is -2.31. The van der Waals surface area contributed by atoms with E-state index in [2.05, 4.69) is 5.10 Å². The first-order chi connectivity index (χ1) is 12.1. The fraction of sp³-hybridized carbons (Fsp3) is 0.765. The first-order valence-corrected chi connectivity index (χ1v) is 10.4. The van der Waals surface area contributed by atoms with Gasteiger partial charge < -0.3 is 9.64 Å². The van der Waals surface area contributed by atoms with Crippen LogP contribution in [0.15, 0.2) is 4.90 Å². The number of aromatic nitrogens is 2. The van der Waals surface area contributed by atoms with E-state index in [1.807, 2.05) is 27.7 Å². The van der Waals surface area contributed by atoms with Crippen LogP contribution in [0.5, 0.6) is 0 Å². The van der Waals surface area contributed by atoms with Crippen LogP contribution in [-0.2, 0) is 26.1 Å². The fourth-order valence-electron chi connectivity index (χ4n) is 3.51. The van der Waals surface area contributed by atoms with Crippen molar-refractivity contribution in [3.8, 4) is 0 Å². The van der Waals surface area contributed by atoms with E-state index in [1.165, 1.54) is 8.99 Å². The van der Waals surface area contributed by atoms with E-state index in [9.17, 15) is 13.2 Å². The number of carbonyl (C=O) groups excluding carboxylic acids is 1. The van der Waals surface area contributed by atoms with Gasteiger partial charge in [0.1, 0.15) is 11.4 Å². The summed E-state index contributed by atoms with van der Waals surface area (Å²) in [5.74, 6) is -0.0732. The summed E-state index contributed by atoms with van der Waals surface area (Å²) < 4.78 is 34.2. The second-order valence-electron chi connectivity index (χ2n) is 7.16. The molecule has 0 radical (unpaired) electrons. The summed E-state index contributed by atoms with van der Waals surface area (Å²) in [6, 6.07) is 0.132. The number of carbonyl (C=O) groups is 1. The van der Waals surface area contributed by atoms with Gasteiger partial charge in [-0.25, -0.2) is 8.42 Å². The first kappa shape index (κ1) is 20.9. The van der Waals surface area contributed by atoms with Crippen molar-refractivity contribution in [2.45, 2.75) is 65.1 Å². The molecule has 1 aromatic heterocycles. The molecule has 1 saturated heterocycles. The van der Waals surface area contributed by atoms with Gasteiger partial charge in [0.2, 0.25) is 15.9 Å². The standard InChI is InChI=1S/C17H30N4O4S/c1-12(2)21(13(3)4)16(22)11-20-15(6)17(14(5)18-20)26(23,24)19-7-9-25-10-8-19/h12-13H,7-11H2,1-6H3. The molecule has 0 atom stereocenters. The predicted molar refractivity (Wildman–Crippen MR) is 98.4 cm³/mol. The van der Waals surface area contributed by atoms with Crippen LogP contribution in [0.1, 0.15) is 39.1 Å². The highest BCUT2D eigenvalue weighted by Gasteiger charge is 2.32. The van der Waals surface area contributed by atoms with Crippen molar-refractivity contribution in [2.75, 3.05) is 26.3 Å². The third-order valence-corrected chi connectivity index (χ3v) is 6.72. The van der Waals surface area contributed by atoms with E-state index >= 15 is 0 Å². The van der Waals surface area contributed by atoms with E-state index in [0.29, 0.717) is 37.7 Å².